The van der Waals surface area contributed by atoms with Crippen molar-refractivity contribution in [3.63, 3.8) is 0 Å². The topological polar surface area (TPSA) is 68.5 Å². The number of hydrogen-bond acceptors (Lipinski definition) is 3. The Kier molecular flexibility index (Phi) is 4.01. The lowest BCUT2D eigenvalue weighted by molar-refractivity contribution is -0.130. The maximum absolute atomic E-state index is 10.00. The van der Waals surface area contributed by atoms with E-state index in [9.17, 15) is 9.59 Å². The van der Waals surface area contributed by atoms with Crippen molar-refractivity contribution in [3.05, 3.63) is 0 Å². The molecule has 1 N–H and O–H groups in total. The number of nitrogens with zero attached hydrogens (tertiary/aromatic N) is 1. The Balaban J connectivity index is 3.11. The van der Waals surface area contributed by atoms with E-state index in [-0.39, 0.29) is 12.8 Å². The first-order chi connectivity index (χ1) is 3.81. The van der Waals surface area contributed by atoms with Gasteiger partial charge in [0.2, 0.25) is 0 Å². The Morgan fingerprint density at radius 3 is 2.75 bits per heavy atom. The lowest BCUT2D eigenvalue weighted by atomic mass is 10.3. The lowest BCUT2D eigenvalue weighted by Gasteiger charge is -1.72. The van der Waals surface area contributed by atoms with Crippen LogP contribution in [0.3, 0.4) is 0 Å². The molecular formula is C4H6NO3+. The highest BCUT2D eigenvalue weighted by Crippen LogP contribution is 1.82. The summed E-state index contributed by atoms with van der Waals surface area (Å²) >= 11 is 0. The Morgan fingerprint density at radius 2 is 2.38 bits per heavy atom. The SMILES string of the molecule is O=CCCC(=O)[N+]O. The second-order valence-corrected chi connectivity index (χ2v) is 1.20. The highest BCUT2D eigenvalue weighted by atomic mass is 16.5. The van der Waals surface area contributed by atoms with Crippen molar-refractivity contribution in [1.82, 2.24) is 5.48 Å². The van der Waals surface area contributed by atoms with E-state index in [4.69, 9.17) is 5.21 Å². The summed E-state index contributed by atoms with van der Waals surface area (Å²) in [7, 11) is 0. The Hall–Kier alpha value is -0.740. The number of aldehydes is 1. The van der Waals surface area contributed by atoms with Crippen LogP contribution in [0.15, 0.2) is 0 Å². The van der Waals surface area contributed by atoms with Gasteiger partial charge < -0.3 is 4.79 Å². The minimum Gasteiger partial charge on any atom is -0.303 e. The van der Waals surface area contributed by atoms with Gasteiger partial charge in [0.05, 0.1) is 6.42 Å². The van der Waals surface area contributed by atoms with Gasteiger partial charge in [-0.1, -0.05) is 5.21 Å². The molecule has 0 aliphatic carbocycles. The van der Waals surface area contributed by atoms with Crippen LogP contribution in [0.4, 0.5) is 0 Å². The summed E-state index contributed by atoms with van der Waals surface area (Å²) in [4.78, 5) is 19.5. The molecule has 0 bridgehead atoms. The number of hydroxylamine groups is 1. The molecule has 0 saturated heterocycles. The second-order valence-electron chi connectivity index (χ2n) is 1.20. The van der Waals surface area contributed by atoms with Crippen LogP contribution in [0, 0.1) is 0 Å². The molecule has 0 aromatic carbocycles. The van der Waals surface area contributed by atoms with Crippen molar-refractivity contribution >= 4 is 12.2 Å². The summed E-state index contributed by atoms with van der Waals surface area (Å²) in [6.45, 7) is 0. The van der Waals surface area contributed by atoms with Crippen molar-refractivity contribution in [1.29, 1.82) is 0 Å². The van der Waals surface area contributed by atoms with Gasteiger partial charge in [0.15, 0.2) is 0 Å². The molecule has 0 heterocycles. The lowest BCUT2D eigenvalue weighted by Crippen LogP contribution is -2.10. The van der Waals surface area contributed by atoms with Crippen LogP contribution in [0.5, 0.6) is 0 Å². The van der Waals surface area contributed by atoms with Gasteiger partial charge in [-0.25, -0.2) is 4.79 Å². The zero-order valence-corrected chi connectivity index (χ0v) is 4.20. The number of carbonyl (C=O) groups excluding carboxylic acids is 2. The fraction of sp³-hybridized carbons (Fsp3) is 0.500. The maximum Gasteiger partial charge on any atom is 0.471 e. The predicted molar refractivity (Wildman–Crippen MR) is 24.2 cm³/mol. The number of hydrogen-bond donors (Lipinski definition) is 1. The molecule has 44 valence electrons. The van der Waals surface area contributed by atoms with E-state index in [1.807, 2.05) is 0 Å². The van der Waals surface area contributed by atoms with Gasteiger partial charge in [0.25, 0.3) is 0 Å². The van der Waals surface area contributed by atoms with Gasteiger partial charge in [-0.15, -0.1) is 0 Å². The predicted octanol–water partition coefficient (Wildman–Crippen LogP) is -0.514. The second kappa shape index (κ2) is 4.42. The van der Waals surface area contributed by atoms with E-state index in [1.165, 1.54) is 0 Å². The van der Waals surface area contributed by atoms with Crippen molar-refractivity contribution in [2.24, 2.45) is 0 Å². The number of amides is 1. The summed E-state index contributed by atoms with van der Waals surface area (Å²) in [5.74, 6) is -0.655. The summed E-state index contributed by atoms with van der Waals surface area (Å²) < 4.78 is 0. The molecule has 0 aromatic heterocycles. The molecule has 4 nitrogen and oxygen atoms in total. The van der Waals surface area contributed by atoms with E-state index >= 15 is 0 Å². The van der Waals surface area contributed by atoms with Crippen LogP contribution in [-0.4, -0.2) is 17.4 Å². The molecule has 2 radical (unpaired) electrons. The molecule has 4 heteroatoms. The Bertz CT molecular complexity index is 91.3. The smallest absolute Gasteiger partial charge is 0.303 e. The first-order valence-electron chi connectivity index (χ1n) is 2.13. The van der Waals surface area contributed by atoms with Crippen molar-refractivity contribution in [2.75, 3.05) is 0 Å². The van der Waals surface area contributed by atoms with E-state index in [0.29, 0.717) is 6.29 Å². The standard InChI is InChI=1S/C4H6NO3/c6-3-1-2-4(7)5-8/h3,8H,1-2H2/q+1. The average molecular weight is 116 g/mol. The molecule has 1 amide bonds. The molecule has 0 atom stereocenters. The molecule has 0 saturated carbocycles. The van der Waals surface area contributed by atoms with Gasteiger partial charge >= 0.3 is 11.4 Å². The van der Waals surface area contributed by atoms with Crippen LogP contribution < -0.4 is 5.48 Å². The third-order valence-corrected chi connectivity index (χ3v) is 0.588. The molecule has 0 rings (SSSR count). The molecule has 0 aliphatic rings. The van der Waals surface area contributed by atoms with Crippen LogP contribution in [0.1, 0.15) is 12.8 Å². The van der Waals surface area contributed by atoms with Gasteiger partial charge in [0.1, 0.15) is 6.29 Å². The molecule has 0 aliphatic heterocycles. The molecule has 0 aromatic rings. The average Bonchev–Trinajstić information content (AvgIpc) is 1.83. The first-order valence-corrected chi connectivity index (χ1v) is 2.13. The third kappa shape index (κ3) is 3.45. The molecule has 8 heavy (non-hydrogen) atoms. The molecular weight excluding hydrogens is 110 g/mol. The summed E-state index contributed by atoms with van der Waals surface area (Å²) in [5, 5.41) is 7.72. The monoisotopic (exact) mass is 116 g/mol. The highest BCUT2D eigenvalue weighted by molar-refractivity contribution is 5.76. The van der Waals surface area contributed by atoms with E-state index in [0.717, 1.165) is 0 Å². The van der Waals surface area contributed by atoms with E-state index in [2.05, 4.69) is 5.48 Å². The highest BCUT2D eigenvalue weighted by Gasteiger charge is 2.14. The molecule has 0 unspecified atom stereocenters. The van der Waals surface area contributed by atoms with Crippen LogP contribution in [0.25, 0.3) is 0 Å². The summed E-state index contributed by atoms with van der Waals surface area (Å²) in [6.07, 6.45) is 0.728. The zero-order valence-electron chi connectivity index (χ0n) is 4.20. The van der Waals surface area contributed by atoms with Gasteiger partial charge in [0, 0.05) is 6.42 Å². The Labute approximate surface area is 46.5 Å². The van der Waals surface area contributed by atoms with Crippen molar-refractivity contribution in [3.8, 4) is 0 Å². The van der Waals surface area contributed by atoms with Crippen LogP contribution in [0.2, 0.25) is 0 Å². The van der Waals surface area contributed by atoms with Crippen molar-refractivity contribution in [2.45, 2.75) is 12.8 Å². The van der Waals surface area contributed by atoms with E-state index < -0.39 is 5.91 Å². The summed E-state index contributed by atoms with van der Waals surface area (Å²) in [6, 6.07) is 0. The minimum atomic E-state index is -0.655. The maximum atomic E-state index is 10.00. The Morgan fingerprint density at radius 1 is 1.75 bits per heavy atom. The van der Waals surface area contributed by atoms with Crippen molar-refractivity contribution < 1.29 is 14.8 Å². The minimum absolute atomic E-state index is 0.000000000000000222. The zero-order chi connectivity index (χ0) is 6.41. The fourth-order valence-electron chi connectivity index (χ4n) is 0.232. The third-order valence-electron chi connectivity index (χ3n) is 0.588. The number of rotatable bonds is 3. The van der Waals surface area contributed by atoms with Gasteiger partial charge in [-0.05, 0) is 0 Å². The van der Waals surface area contributed by atoms with E-state index in [1.54, 1.807) is 0 Å². The largest absolute Gasteiger partial charge is 0.471 e. The van der Waals surface area contributed by atoms with Crippen LogP contribution >= 0.6 is 0 Å². The van der Waals surface area contributed by atoms with Gasteiger partial charge in [-0.3, -0.25) is 0 Å². The summed E-state index contributed by atoms with van der Waals surface area (Å²) in [5.41, 5.74) is 2.33. The fourth-order valence-corrected chi connectivity index (χ4v) is 0.232. The molecule has 0 fully saturated rings. The molecule has 0 spiro atoms. The number of carbonyl (C=O) groups is 2. The quantitative estimate of drug-likeness (QED) is 0.306. The first kappa shape index (κ1) is 7.26. The normalized spacial score (nSPS) is 8.62. The van der Waals surface area contributed by atoms with Gasteiger partial charge in [-0.2, -0.15) is 0 Å². The van der Waals surface area contributed by atoms with Crippen LogP contribution in [-0.2, 0) is 9.59 Å².